The fraction of sp³-hybridized carbons (Fsp3) is 0.750. The Morgan fingerprint density at radius 3 is 2.60 bits per heavy atom. The molecule has 1 aliphatic carbocycles. The van der Waals surface area contributed by atoms with Crippen molar-refractivity contribution >= 4 is 0 Å². The van der Waals surface area contributed by atoms with E-state index in [0.717, 1.165) is 0 Å². The lowest BCUT2D eigenvalue weighted by molar-refractivity contribution is 0.189. The van der Waals surface area contributed by atoms with Gasteiger partial charge >= 0.3 is 0 Å². The van der Waals surface area contributed by atoms with Gasteiger partial charge in [0.15, 0.2) is 0 Å². The smallest absolute Gasteiger partial charge is 0.0540 e. The van der Waals surface area contributed by atoms with Crippen molar-refractivity contribution in [2.75, 3.05) is 0 Å². The van der Waals surface area contributed by atoms with Crippen LogP contribution in [0.2, 0.25) is 0 Å². The van der Waals surface area contributed by atoms with Crippen LogP contribution in [0, 0.1) is 6.92 Å². The van der Waals surface area contributed by atoms with E-state index in [2.05, 4.69) is 31.2 Å². The molecule has 84 valence electrons. The van der Waals surface area contributed by atoms with Crippen LogP contribution in [0.1, 0.15) is 50.4 Å². The number of aryl methyl sites for hydroxylation is 1. The molecule has 0 spiro atoms. The van der Waals surface area contributed by atoms with Crippen LogP contribution < -0.4 is 5.32 Å². The van der Waals surface area contributed by atoms with Gasteiger partial charge in [0.05, 0.1) is 6.20 Å². The lowest BCUT2D eigenvalue weighted by Crippen LogP contribution is -2.49. The molecule has 3 heteroatoms. The third-order valence-corrected chi connectivity index (χ3v) is 3.76. The van der Waals surface area contributed by atoms with E-state index in [1.165, 1.54) is 30.5 Å². The van der Waals surface area contributed by atoms with E-state index in [4.69, 9.17) is 0 Å². The zero-order chi connectivity index (χ0) is 11.1. The third kappa shape index (κ3) is 1.93. The Labute approximate surface area is 91.9 Å². The SMILES string of the molecule is Cc1c(C(C)NC2(C)CCC2)cnn1C. The van der Waals surface area contributed by atoms with Crippen molar-refractivity contribution < 1.29 is 0 Å². The van der Waals surface area contributed by atoms with Crippen molar-refractivity contribution in [1.82, 2.24) is 15.1 Å². The van der Waals surface area contributed by atoms with Gasteiger partial charge in [-0.25, -0.2) is 0 Å². The summed E-state index contributed by atoms with van der Waals surface area (Å²) in [7, 11) is 2.00. The first-order valence-corrected chi connectivity index (χ1v) is 5.78. The van der Waals surface area contributed by atoms with Crippen molar-refractivity contribution in [2.24, 2.45) is 7.05 Å². The average Bonchev–Trinajstić information content (AvgIpc) is 2.45. The predicted molar refractivity (Wildman–Crippen MR) is 61.8 cm³/mol. The highest BCUT2D eigenvalue weighted by Gasteiger charge is 2.33. The summed E-state index contributed by atoms with van der Waals surface area (Å²) in [6.07, 6.45) is 5.95. The molecule has 1 aromatic rings. The highest BCUT2D eigenvalue weighted by atomic mass is 15.3. The molecule has 15 heavy (non-hydrogen) atoms. The van der Waals surface area contributed by atoms with Crippen molar-refractivity contribution in [3.05, 3.63) is 17.5 Å². The van der Waals surface area contributed by atoms with Gasteiger partial charge in [-0.05, 0) is 40.0 Å². The normalized spacial score (nSPS) is 21.1. The van der Waals surface area contributed by atoms with Gasteiger partial charge in [-0.3, -0.25) is 4.68 Å². The first kappa shape index (κ1) is 10.7. The molecule has 2 rings (SSSR count). The molecule has 1 unspecified atom stereocenters. The predicted octanol–water partition coefficient (Wildman–Crippen LogP) is 2.32. The molecule has 1 saturated carbocycles. The van der Waals surface area contributed by atoms with E-state index in [1.807, 2.05) is 17.9 Å². The molecule has 1 N–H and O–H groups in total. The second-order valence-electron chi connectivity index (χ2n) is 5.09. The highest BCUT2D eigenvalue weighted by Crippen LogP contribution is 2.33. The van der Waals surface area contributed by atoms with Crippen LogP contribution in [0.25, 0.3) is 0 Å². The Bertz CT molecular complexity index is 350. The molecule has 1 aliphatic rings. The molecule has 1 atom stereocenters. The van der Waals surface area contributed by atoms with Crippen LogP contribution in [-0.4, -0.2) is 15.3 Å². The summed E-state index contributed by atoms with van der Waals surface area (Å²) < 4.78 is 1.94. The number of hydrogen-bond acceptors (Lipinski definition) is 2. The molecule has 1 aromatic heterocycles. The maximum Gasteiger partial charge on any atom is 0.0540 e. The van der Waals surface area contributed by atoms with Gasteiger partial charge in [-0.2, -0.15) is 5.10 Å². The van der Waals surface area contributed by atoms with E-state index in [1.54, 1.807) is 0 Å². The molecular formula is C12H21N3. The van der Waals surface area contributed by atoms with Crippen LogP contribution in [0.3, 0.4) is 0 Å². The molecule has 0 amide bonds. The number of rotatable bonds is 3. The second kappa shape index (κ2) is 3.63. The van der Waals surface area contributed by atoms with Gasteiger partial charge in [0.2, 0.25) is 0 Å². The summed E-state index contributed by atoms with van der Waals surface area (Å²) >= 11 is 0. The summed E-state index contributed by atoms with van der Waals surface area (Å²) in [5, 5.41) is 8.00. The zero-order valence-corrected chi connectivity index (χ0v) is 10.2. The Morgan fingerprint density at radius 1 is 1.53 bits per heavy atom. The van der Waals surface area contributed by atoms with Gasteiger partial charge < -0.3 is 5.32 Å². The standard InChI is InChI=1S/C12H21N3/c1-9(14-12(3)6-5-7-12)11-8-13-15(4)10(11)2/h8-9,14H,5-7H2,1-4H3. The van der Waals surface area contributed by atoms with Gasteiger partial charge in [-0.1, -0.05) is 0 Å². The first-order valence-electron chi connectivity index (χ1n) is 5.78. The fourth-order valence-corrected chi connectivity index (χ4v) is 2.39. The van der Waals surface area contributed by atoms with Gasteiger partial charge in [0.1, 0.15) is 0 Å². The largest absolute Gasteiger partial charge is 0.305 e. The monoisotopic (exact) mass is 207 g/mol. The van der Waals surface area contributed by atoms with Crippen molar-refractivity contribution in [2.45, 2.75) is 51.6 Å². The van der Waals surface area contributed by atoms with Crippen molar-refractivity contribution in [1.29, 1.82) is 0 Å². The summed E-state index contributed by atoms with van der Waals surface area (Å²) in [6.45, 7) is 6.68. The van der Waals surface area contributed by atoms with Crippen molar-refractivity contribution in [3.8, 4) is 0 Å². The quantitative estimate of drug-likeness (QED) is 0.824. The van der Waals surface area contributed by atoms with E-state index in [9.17, 15) is 0 Å². The van der Waals surface area contributed by atoms with E-state index < -0.39 is 0 Å². The van der Waals surface area contributed by atoms with Gasteiger partial charge in [-0.15, -0.1) is 0 Å². The fourth-order valence-electron chi connectivity index (χ4n) is 2.39. The summed E-state index contributed by atoms with van der Waals surface area (Å²) in [5.74, 6) is 0. The Kier molecular flexibility index (Phi) is 2.59. The van der Waals surface area contributed by atoms with Crippen LogP contribution in [-0.2, 0) is 7.05 Å². The zero-order valence-electron chi connectivity index (χ0n) is 10.2. The second-order valence-corrected chi connectivity index (χ2v) is 5.09. The third-order valence-electron chi connectivity index (χ3n) is 3.76. The van der Waals surface area contributed by atoms with Crippen LogP contribution >= 0.6 is 0 Å². The molecule has 1 heterocycles. The van der Waals surface area contributed by atoms with Crippen LogP contribution in [0.5, 0.6) is 0 Å². The van der Waals surface area contributed by atoms with Crippen LogP contribution in [0.4, 0.5) is 0 Å². The number of nitrogens with one attached hydrogen (secondary N) is 1. The van der Waals surface area contributed by atoms with E-state index in [0.29, 0.717) is 11.6 Å². The maximum atomic E-state index is 4.29. The van der Waals surface area contributed by atoms with Gasteiger partial charge in [0.25, 0.3) is 0 Å². The first-order chi connectivity index (χ1) is 7.02. The molecule has 0 aliphatic heterocycles. The minimum absolute atomic E-state index is 0.363. The lowest BCUT2D eigenvalue weighted by atomic mass is 9.78. The number of aromatic nitrogens is 2. The maximum absolute atomic E-state index is 4.29. The molecule has 0 bridgehead atoms. The minimum atomic E-state index is 0.363. The van der Waals surface area contributed by atoms with Crippen molar-refractivity contribution in [3.63, 3.8) is 0 Å². The molecule has 0 aromatic carbocycles. The highest BCUT2D eigenvalue weighted by molar-refractivity contribution is 5.20. The molecule has 1 fully saturated rings. The molecule has 3 nitrogen and oxygen atoms in total. The number of hydrogen-bond donors (Lipinski definition) is 1. The Morgan fingerprint density at radius 2 is 2.20 bits per heavy atom. The molecule has 0 radical (unpaired) electrons. The average molecular weight is 207 g/mol. The minimum Gasteiger partial charge on any atom is -0.305 e. The summed E-state index contributed by atoms with van der Waals surface area (Å²) in [6, 6.07) is 0.406. The number of nitrogens with zero attached hydrogens (tertiary/aromatic N) is 2. The lowest BCUT2D eigenvalue weighted by Gasteiger charge is -2.41. The van der Waals surface area contributed by atoms with E-state index >= 15 is 0 Å². The van der Waals surface area contributed by atoms with E-state index in [-0.39, 0.29) is 0 Å². The molecular weight excluding hydrogens is 186 g/mol. The van der Waals surface area contributed by atoms with Gasteiger partial charge in [0, 0.05) is 29.9 Å². The Balaban J connectivity index is 2.07. The summed E-state index contributed by atoms with van der Waals surface area (Å²) in [5.41, 5.74) is 2.95. The topological polar surface area (TPSA) is 29.9 Å². The summed E-state index contributed by atoms with van der Waals surface area (Å²) in [4.78, 5) is 0. The molecule has 0 saturated heterocycles. The van der Waals surface area contributed by atoms with Crippen LogP contribution in [0.15, 0.2) is 6.20 Å². The Hall–Kier alpha value is -0.830.